The van der Waals surface area contributed by atoms with Crippen LogP contribution in [0.5, 0.6) is 5.75 Å². The first kappa shape index (κ1) is 17.4. The van der Waals surface area contributed by atoms with Gasteiger partial charge in [-0.15, -0.1) is 0 Å². The third kappa shape index (κ3) is 3.37. The van der Waals surface area contributed by atoms with Crippen molar-refractivity contribution >= 4 is 38.2 Å². The molecule has 0 atom stereocenters. The fourth-order valence-corrected chi connectivity index (χ4v) is 3.29. The number of carbonyl (C=O) groups is 1. The minimum Gasteiger partial charge on any atom is -0.496 e. The lowest BCUT2D eigenvalue weighted by molar-refractivity contribution is 0.103. The number of nitrogens with two attached hydrogens (primary N) is 1. The van der Waals surface area contributed by atoms with E-state index in [4.69, 9.17) is 21.5 Å². The fraction of sp³-hybridized carbons (Fsp3) is 0.0556. The summed E-state index contributed by atoms with van der Waals surface area (Å²) in [5.41, 5.74) is 0.800. The molecule has 0 unspecified atom stereocenters. The summed E-state index contributed by atoms with van der Waals surface area (Å²) < 4.78 is 28.4. The standard InChI is InChI=1S/C18H14ClNO4S/c1-24-16-9-4-12-10-14(25(20,22)23)7-8-15(12)17(16)18(21)11-2-5-13(19)6-3-11/h2-10H,1H3,(H2,20,22,23). The molecule has 0 aliphatic carbocycles. The first-order valence-corrected chi connectivity index (χ1v) is 9.17. The van der Waals surface area contributed by atoms with Crippen LogP contribution < -0.4 is 9.88 Å². The molecule has 7 heteroatoms. The number of hydrogen-bond acceptors (Lipinski definition) is 4. The number of primary sulfonamides is 1. The Kier molecular flexibility index (Phi) is 4.51. The van der Waals surface area contributed by atoms with Crippen molar-refractivity contribution < 1.29 is 17.9 Å². The summed E-state index contributed by atoms with van der Waals surface area (Å²) in [6, 6.07) is 14.2. The molecule has 0 heterocycles. The smallest absolute Gasteiger partial charge is 0.238 e. The molecule has 128 valence electrons. The van der Waals surface area contributed by atoms with Gasteiger partial charge in [-0.2, -0.15) is 0 Å². The molecule has 0 amide bonds. The van der Waals surface area contributed by atoms with Gasteiger partial charge in [-0.3, -0.25) is 4.79 Å². The molecule has 3 aromatic carbocycles. The zero-order chi connectivity index (χ0) is 18.2. The highest BCUT2D eigenvalue weighted by atomic mass is 35.5. The third-order valence-electron chi connectivity index (χ3n) is 3.83. The highest BCUT2D eigenvalue weighted by molar-refractivity contribution is 7.89. The van der Waals surface area contributed by atoms with Crippen molar-refractivity contribution in [2.45, 2.75) is 4.90 Å². The first-order valence-electron chi connectivity index (χ1n) is 7.25. The number of benzene rings is 3. The summed E-state index contributed by atoms with van der Waals surface area (Å²) in [4.78, 5) is 12.9. The monoisotopic (exact) mass is 375 g/mol. The second-order valence-electron chi connectivity index (χ2n) is 5.41. The lowest BCUT2D eigenvalue weighted by atomic mass is 9.96. The van der Waals surface area contributed by atoms with Gasteiger partial charge in [0.15, 0.2) is 5.78 Å². The van der Waals surface area contributed by atoms with Gasteiger partial charge < -0.3 is 4.74 Å². The lowest BCUT2D eigenvalue weighted by Gasteiger charge is -2.12. The van der Waals surface area contributed by atoms with E-state index in [2.05, 4.69) is 0 Å². The molecule has 3 rings (SSSR count). The van der Waals surface area contributed by atoms with E-state index in [1.165, 1.54) is 19.2 Å². The molecule has 0 spiro atoms. The minimum atomic E-state index is -3.83. The molecule has 25 heavy (non-hydrogen) atoms. The Morgan fingerprint density at radius 1 is 1.04 bits per heavy atom. The van der Waals surface area contributed by atoms with Crippen LogP contribution in [-0.4, -0.2) is 21.3 Å². The number of carbonyl (C=O) groups excluding carboxylic acids is 1. The molecule has 2 N–H and O–H groups in total. The Hall–Kier alpha value is -2.41. The van der Waals surface area contributed by atoms with Crippen molar-refractivity contribution in [3.63, 3.8) is 0 Å². The summed E-state index contributed by atoms with van der Waals surface area (Å²) in [6.45, 7) is 0. The van der Waals surface area contributed by atoms with Crippen molar-refractivity contribution in [2.75, 3.05) is 7.11 Å². The molecule has 0 radical (unpaired) electrons. The maximum atomic E-state index is 13.0. The molecule has 0 bridgehead atoms. The van der Waals surface area contributed by atoms with E-state index in [0.717, 1.165) is 0 Å². The van der Waals surface area contributed by atoms with Crippen LogP contribution in [0.4, 0.5) is 0 Å². The highest BCUT2D eigenvalue weighted by Crippen LogP contribution is 2.31. The molecule has 0 saturated carbocycles. The number of ether oxygens (including phenoxy) is 1. The third-order valence-corrected chi connectivity index (χ3v) is 5.00. The normalized spacial score (nSPS) is 11.5. The number of rotatable bonds is 4. The molecule has 0 aliphatic rings. The Morgan fingerprint density at radius 3 is 2.32 bits per heavy atom. The average Bonchev–Trinajstić information content (AvgIpc) is 2.59. The largest absolute Gasteiger partial charge is 0.496 e. The van der Waals surface area contributed by atoms with Crippen molar-refractivity contribution in [1.82, 2.24) is 0 Å². The van der Waals surface area contributed by atoms with Gasteiger partial charge in [0.25, 0.3) is 0 Å². The van der Waals surface area contributed by atoms with Crippen LogP contribution in [0.25, 0.3) is 10.8 Å². The number of sulfonamides is 1. The van der Waals surface area contributed by atoms with Crippen LogP contribution in [0.2, 0.25) is 5.02 Å². The van der Waals surface area contributed by atoms with E-state index in [9.17, 15) is 13.2 Å². The summed E-state index contributed by atoms with van der Waals surface area (Å²) in [5.74, 6) is 0.151. The van der Waals surface area contributed by atoms with E-state index in [1.807, 2.05) is 0 Å². The molecule has 0 aromatic heterocycles. The molecule has 3 aromatic rings. The zero-order valence-corrected chi connectivity index (χ0v) is 14.8. The van der Waals surface area contributed by atoms with Crippen LogP contribution in [0.3, 0.4) is 0 Å². The van der Waals surface area contributed by atoms with Gasteiger partial charge in [0.05, 0.1) is 17.6 Å². The van der Waals surface area contributed by atoms with Gasteiger partial charge in [-0.25, -0.2) is 13.6 Å². The zero-order valence-electron chi connectivity index (χ0n) is 13.2. The topological polar surface area (TPSA) is 86.5 Å². The second-order valence-corrected chi connectivity index (χ2v) is 7.40. The van der Waals surface area contributed by atoms with E-state index in [-0.39, 0.29) is 10.7 Å². The number of fused-ring (bicyclic) bond motifs is 1. The van der Waals surface area contributed by atoms with Crippen LogP contribution in [-0.2, 0) is 10.0 Å². The molecule has 0 saturated heterocycles. The predicted octanol–water partition coefficient (Wildman–Crippen LogP) is 3.38. The lowest BCUT2D eigenvalue weighted by Crippen LogP contribution is -2.12. The Morgan fingerprint density at radius 2 is 1.72 bits per heavy atom. The summed E-state index contributed by atoms with van der Waals surface area (Å²) in [6.07, 6.45) is 0. The average molecular weight is 376 g/mol. The highest BCUT2D eigenvalue weighted by Gasteiger charge is 2.19. The summed E-state index contributed by atoms with van der Waals surface area (Å²) in [7, 11) is -2.36. The van der Waals surface area contributed by atoms with Crippen molar-refractivity contribution in [3.05, 3.63) is 70.7 Å². The maximum Gasteiger partial charge on any atom is 0.238 e. The van der Waals surface area contributed by atoms with E-state index in [1.54, 1.807) is 42.5 Å². The Bertz CT molecular complexity index is 1080. The molecule has 0 aliphatic heterocycles. The van der Waals surface area contributed by atoms with Crippen molar-refractivity contribution in [2.24, 2.45) is 5.14 Å². The SMILES string of the molecule is COc1ccc2cc(S(N)(=O)=O)ccc2c1C(=O)c1ccc(Cl)cc1. The van der Waals surface area contributed by atoms with Crippen molar-refractivity contribution in [1.29, 1.82) is 0 Å². The number of hydrogen-bond donors (Lipinski definition) is 1. The van der Waals surface area contributed by atoms with Crippen LogP contribution in [0, 0.1) is 0 Å². The van der Waals surface area contributed by atoms with Gasteiger partial charge >= 0.3 is 0 Å². The predicted molar refractivity (Wildman–Crippen MR) is 96.8 cm³/mol. The van der Waals surface area contributed by atoms with Crippen molar-refractivity contribution in [3.8, 4) is 5.75 Å². The number of methoxy groups -OCH3 is 1. The van der Waals surface area contributed by atoms with Crippen LogP contribution >= 0.6 is 11.6 Å². The number of halogens is 1. The summed E-state index contributed by atoms with van der Waals surface area (Å²) >= 11 is 5.87. The summed E-state index contributed by atoms with van der Waals surface area (Å²) in [5, 5.41) is 6.85. The van der Waals surface area contributed by atoms with Crippen LogP contribution in [0.15, 0.2) is 59.5 Å². The quantitative estimate of drug-likeness (QED) is 0.708. The van der Waals surface area contributed by atoms with Gasteiger partial charge in [-0.05, 0) is 53.2 Å². The second kappa shape index (κ2) is 6.48. The fourth-order valence-electron chi connectivity index (χ4n) is 2.61. The maximum absolute atomic E-state index is 13.0. The Balaban J connectivity index is 2.24. The molecular weight excluding hydrogens is 362 g/mol. The van der Waals surface area contributed by atoms with E-state index >= 15 is 0 Å². The molecule has 0 fully saturated rings. The van der Waals surface area contributed by atoms with Gasteiger partial charge in [0, 0.05) is 10.6 Å². The van der Waals surface area contributed by atoms with Gasteiger partial charge in [-0.1, -0.05) is 23.7 Å². The van der Waals surface area contributed by atoms with Crippen LogP contribution in [0.1, 0.15) is 15.9 Å². The first-order chi connectivity index (χ1) is 11.8. The van der Waals surface area contributed by atoms with E-state index < -0.39 is 10.0 Å². The molecule has 5 nitrogen and oxygen atoms in total. The van der Waals surface area contributed by atoms with E-state index in [0.29, 0.717) is 32.7 Å². The molecular formula is C18H14ClNO4S. The van der Waals surface area contributed by atoms with Gasteiger partial charge in [0.2, 0.25) is 10.0 Å². The number of ketones is 1. The van der Waals surface area contributed by atoms with Gasteiger partial charge in [0.1, 0.15) is 5.75 Å². The Labute approximate surface area is 150 Å². The minimum absolute atomic E-state index is 0.0185.